The fourth-order valence-corrected chi connectivity index (χ4v) is 2.22. The highest BCUT2D eigenvalue weighted by atomic mass is 32.2. The molecule has 7 heteroatoms. The summed E-state index contributed by atoms with van der Waals surface area (Å²) in [6.45, 7) is 3.30. The fraction of sp³-hybridized carbons (Fsp3) is 0.385. The van der Waals surface area contributed by atoms with Crippen LogP contribution in [0, 0.1) is 5.92 Å². The van der Waals surface area contributed by atoms with Crippen molar-refractivity contribution in [1.82, 2.24) is 5.32 Å². The first kappa shape index (κ1) is 16.4. The number of nitrogens with one attached hydrogen (secondary N) is 1. The molecule has 1 aromatic carbocycles. The van der Waals surface area contributed by atoms with Gasteiger partial charge >= 0.3 is 5.97 Å². The van der Waals surface area contributed by atoms with Gasteiger partial charge in [0.1, 0.15) is 6.04 Å². The van der Waals surface area contributed by atoms with Crippen molar-refractivity contribution < 1.29 is 23.5 Å². The molecule has 1 atom stereocenters. The summed E-state index contributed by atoms with van der Waals surface area (Å²) < 4.78 is 24.8. The van der Waals surface area contributed by atoms with Gasteiger partial charge in [-0.05, 0) is 18.1 Å². The maximum Gasteiger partial charge on any atom is 0.326 e. The number of halogens is 2. The molecule has 0 fully saturated rings. The Morgan fingerprint density at radius 3 is 2.35 bits per heavy atom. The first-order valence-corrected chi connectivity index (χ1v) is 6.78. The van der Waals surface area contributed by atoms with E-state index >= 15 is 0 Å². The van der Waals surface area contributed by atoms with Crippen LogP contribution in [0.3, 0.4) is 0 Å². The zero-order valence-corrected chi connectivity index (χ0v) is 11.8. The van der Waals surface area contributed by atoms with E-state index in [1.165, 1.54) is 18.2 Å². The number of thioether (sulfide) groups is 1. The zero-order valence-electron chi connectivity index (χ0n) is 11.0. The molecule has 1 amide bonds. The largest absolute Gasteiger partial charge is 0.480 e. The summed E-state index contributed by atoms with van der Waals surface area (Å²) in [5.74, 6) is -4.79. The maximum absolute atomic E-state index is 12.4. The smallest absolute Gasteiger partial charge is 0.326 e. The van der Waals surface area contributed by atoms with Gasteiger partial charge in [-0.2, -0.15) is 8.78 Å². The number of carbonyl (C=O) groups is 2. The Kier molecular flexibility index (Phi) is 5.94. The average Bonchev–Trinajstić information content (AvgIpc) is 2.34. The number of rotatable bonds is 6. The van der Waals surface area contributed by atoms with E-state index in [0.717, 1.165) is 0 Å². The van der Waals surface area contributed by atoms with Gasteiger partial charge < -0.3 is 10.4 Å². The van der Waals surface area contributed by atoms with Crippen molar-refractivity contribution in [2.75, 3.05) is 0 Å². The third-order valence-corrected chi connectivity index (χ3v) is 3.36. The topological polar surface area (TPSA) is 66.4 Å². The number of aliphatic carboxylic acids is 1. The van der Waals surface area contributed by atoms with Crippen LogP contribution in [-0.4, -0.2) is 28.8 Å². The quantitative estimate of drug-likeness (QED) is 0.793. The summed E-state index contributed by atoms with van der Waals surface area (Å²) in [6.07, 6.45) is 0. The van der Waals surface area contributed by atoms with Gasteiger partial charge in [-0.25, -0.2) is 4.79 Å². The van der Waals surface area contributed by atoms with E-state index in [4.69, 9.17) is 5.11 Å². The van der Waals surface area contributed by atoms with Crippen LogP contribution in [0.1, 0.15) is 24.2 Å². The minimum Gasteiger partial charge on any atom is -0.480 e. The van der Waals surface area contributed by atoms with E-state index in [1.807, 2.05) is 0 Å². The molecule has 20 heavy (non-hydrogen) atoms. The third kappa shape index (κ3) is 4.48. The zero-order chi connectivity index (χ0) is 15.3. The van der Waals surface area contributed by atoms with Gasteiger partial charge in [0.05, 0.1) is 5.56 Å². The Labute approximate surface area is 119 Å². The lowest BCUT2D eigenvalue weighted by Gasteiger charge is -2.18. The SMILES string of the molecule is CC(C)[C@H](NC(=O)c1ccccc1SC(F)F)C(=O)O. The predicted octanol–water partition coefficient (Wildman–Crippen LogP) is 2.84. The van der Waals surface area contributed by atoms with Crippen LogP contribution in [0.5, 0.6) is 0 Å². The molecule has 0 bridgehead atoms. The number of hydrogen-bond donors (Lipinski definition) is 2. The molecule has 0 aliphatic carbocycles. The molecule has 0 aliphatic heterocycles. The number of carboxylic acids is 1. The Balaban J connectivity index is 2.94. The number of amides is 1. The first-order valence-electron chi connectivity index (χ1n) is 5.90. The van der Waals surface area contributed by atoms with Crippen LogP contribution in [0.4, 0.5) is 8.78 Å². The molecule has 0 aliphatic rings. The van der Waals surface area contributed by atoms with Gasteiger partial charge in [0.2, 0.25) is 0 Å². The van der Waals surface area contributed by atoms with Crippen LogP contribution < -0.4 is 5.32 Å². The monoisotopic (exact) mass is 303 g/mol. The van der Waals surface area contributed by atoms with Crippen LogP contribution >= 0.6 is 11.8 Å². The Hall–Kier alpha value is -1.63. The molecule has 0 aromatic heterocycles. The van der Waals surface area contributed by atoms with Crippen molar-refractivity contribution in [1.29, 1.82) is 0 Å². The van der Waals surface area contributed by atoms with Gasteiger partial charge in [0.15, 0.2) is 0 Å². The highest BCUT2D eigenvalue weighted by Crippen LogP contribution is 2.28. The van der Waals surface area contributed by atoms with E-state index in [-0.39, 0.29) is 28.1 Å². The van der Waals surface area contributed by atoms with Gasteiger partial charge in [0.25, 0.3) is 11.7 Å². The van der Waals surface area contributed by atoms with Crippen LogP contribution in [0.2, 0.25) is 0 Å². The second-order valence-corrected chi connectivity index (χ2v) is 5.44. The van der Waals surface area contributed by atoms with Gasteiger partial charge in [0, 0.05) is 4.90 Å². The minimum absolute atomic E-state index is 0.0460. The molecule has 4 nitrogen and oxygen atoms in total. The fourth-order valence-electron chi connectivity index (χ4n) is 1.59. The summed E-state index contributed by atoms with van der Waals surface area (Å²) in [5.41, 5.74) is 0.0460. The number of carbonyl (C=O) groups excluding carboxylic acids is 1. The Morgan fingerprint density at radius 1 is 1.25 bits per heavy atom. The Morgan fingerprint density at radius 2 is 1.85 bits per heavy atom. The summed E-state index contributed by atoms with van der Waals surface area (Å²) in [5, 5.41) is 11.4. The number of benzene rings is 1. The van der Waals surface area contributed by atoms with E-state index in [0.29, 0.717) is 0 Å². The van der Waals surface area contributed by atoms with Crippen LogP contribution in [0.15, 0.2) is 29.2 Å². The van der Waals surface area contributed by atoms with E-state index in [2.05, 4.69) is 5.32 Å². The molecule has 0 saturated carbocycles. The predicted molar refractivity (Wildman–Crippen MR) is 72.0 cm³/mol. The third-order valence-electron chi connectivity index (χ3n) is 2.57. The molecule has 2 N–H and O–H groups in total. The van der Waals surface area contributed by atoms with Crippen molar-refractivity contribution in [2.45, 2.75) is 30.5 Å². The standard InChI is InChI=1S/C13H15F2NO3S/c1-7(2)10(12(18)19)16-11(17)8-5-3-4-6-9(8)20-13(14)15/h3-7,10,13H,1-2H3,(H,16,17)(H,18,19)/t10-/m0/s1. The molecule has 1 rings (SSSR count). The Bertz CT molecular complexity index is 494. The lowest BCUT2D eigenvalue weighted by molar-refractivity contribution is -0.140. The summed E-state index contributed by atoms with van der Waals surface area (Å²) in [4.78, 5) is 23.2. The maximum atomic E-state index is 12.4. The molecule has 0 spiro atoms. The summed E-state index contributed by atoms with van der Waals surface area (Å²) >= 11 is 0.256. The number of hydrogen-bond acceptors (Lipinski definition) is 3. The van der Waals surface area contributed by atoms with E-state index in [1.54, 1.807) is 19.9 Å². The van der Waals surface area contributed by atoms with Gasteiger partial charge in [-0.3, -0.25) is 4.79 Å². The van der Waals surface area contributed by atoms with Crippen molar-refractivity contribution in [3.63, 3.8) is 0 Å². The molecule has 110 valence electrons. The molecule has 0 radical (unpaired) electrons. The second kappa shape index (κ2) is 7.23. The molecular formula is C13H15F2NO3S. The van der Waals surface area contributed by atoms with Crippen molar-refractivity contribution in [3.05, 3.63) is 29.8 Å². The summed E-state index contributed by atoms with van der Waals surface area (Å²) in [7, 11) is 0. The number of carboxylic acid groups (broad SMARTS) is 1. The van der Waals surface area contributed by atoms with E-state index < -0.39 is 23.7 Å². The normalized spacial score (nSPS) is 12.5. The van der Waals surface area contributed by atoms with Crippen LogP contribution in [-0.2, 0) is 4.79 Å². The number of alkyl halides is 2. The van der Waals surface area contributed by atoms with E-state index in [9.17, 15) is 18.4 Å². The highest BCUT2D eigenvalue weighted by molar-refractivity contribution is 7.99. The molecule has 0 unspecified atom stereocenters. The lowest BCUT2D eigenvalue weighted by Crippen LogP contribution is -2.44. The summed E-state index contributed by atoms with van der Waals surface area (Å²) in [6, 6.07) is 4.80. The molecule has 0 saturated heterocycles. The lowest BCUT2D eigenvalue weighted by atomic mass is 10.0. The second-order valence-electron chi connectivity index (χ2n) is 4.41. The van der Waals surface area contributed by atoms with Crippen molar-refractivity contribution in [3.8, 4) is 0 Å². The minimum atomic E-state index is -2.65. The molecule has 0 heterocycles. The van der Waals surface area contributed by atoms with Gasteiger partial charge in [-0.1, -0.05) is 37.7 Å². The highest BCUT2D eigenvalue weighted by Gasteiger charge is 2.25. The van der Waals surface area contributed by atoms with Crippen LogP contribution in [0.25, 0.3) is 0 Å². The average molecular weight is 303 g/mol. The van der Waals surface area contributed by atoms with Crippen molar-refractivity contribution in [2.24, 2.45) is 5.92 Å². The first-order chi connectivity index (χ1) is 9.32. The molecular weight excluding hydrogens is 288 g/mol. The molecule has 1 aromatic rings. The van der Waals surface area contributed by atoms with Gasteiger partial charge in [-0.15, -0.1) is 0 Å². The van der Waals surface area contributed by atoms with Crippen molar-refractivity contribution >= 4 is 23.6 Å².